The number of fused-ring (bicyclic) bond motifs is 15. The zero-order valence-electron chi connectivity index (χ0n) is 56.4. The lowest BCUT2D eigenvalue weighted by atomic mass is 9.64. The molecule has 0 radical (unpaired) electrons. The van der Waals surface area contributed by atoms with Crippen LogP contribution in [0.3, 0.4) is 0 Å². The fourth-order valence-electron chi connectivity index (χ4n) is 17.5. The van der Waals surface area contributed by atoms with Crippen molar-refractivity contribution in [3.63, 3.8) is 0 Å². The maximum atomic E-state index is 15.8. The minimum atomic E-state index is -1.91. The quantitative estimate of drug-likeness (QED) is 0.0533. The number of hydrogen-bond donors (Lipinski definition) is 10. The number of H-pyrrole nitrogens is 1. The number of allylic oxidation sites excluding steroid dienone is 2. The summed E-state index contributed by atoms with van der Waals surface area (Å²) in [5.74, 6) is 13.2. The van der Waals surface area contributed by atoms with Crippen LogP contribution < -0.4 is 20.7 Å². The number of aryl methyl sites for hydroxylation is 1. The summed E-state index contributed by atoms with van der Waals surface area (Å²) in [6, 6.07) is 40.3. The first-order valence-electron chi connectivity index (χ1n) is 35.5. The van der Waals surface area contributed by atoms with Crippen molar-refractivity contribution in [1.82, 2.24) is 15.6 Å². The molecule has 13 nitrogen and oxygen atoms in total. The second kappa shape index (κ2) is 29.7. The van der Waals surface area contributed by atoms with E-state index < -0.39 is 47.6 Å². The molecule has 13 heteroatoms. The summed E-state index contributed by atoms with van der Waals surface area (Å²) in [6.07, 6.45) is 9.77. The monoisotopic (exact) mass is 1300 g/mol. The van der Waals surface area contributed by atoms with E-state index in [1.54, 1.807) is 18.2 Å². The molecule has 6 aliphatic rings. The number of benzene rings is 6. The minimum Gasteiger partial charge on any atom is -0.508 e. The van der Waals surface area contributed by atoms with Gasteiger partial charge in [-0.3, -0.25) is 9.59 Å². The maximum absolute atomic E-state index is 15.8. The molecule has 0 amide bonds. The Hall–Kier alpha value is -8.56. The van der Waals surface area contributed by atoms with Gasteiger partial charge in [0, 0.05) is 86.0 Å². The molecule has 0 spiro atoms. The molecule has 2 aliphatic heterocycles. The third kappa shape index (κ3) is 14.8. The number of methoxy groups -OCH3 is 1. The molecule has 6 aromatic carbocycles. The summed E-state index contributed by atoms with van der Waals surface area (Å²) in [5.41, 5.74) is 11.3. The fourth-order valence-corrected chi connectivity index (χ4v) is 17.5. The number of aromatic amines is 1. The number of Topliss-reactive ketones (excluding diaryl/α,β-unsaturated/α-hetero) is 2. The zero-order valence-corrected chi connectivity index (χ0v) is 56.4. The number of aliphatic hydroxyl groups excluding tert-OH is 3. The largest absolute Gasteiger partial charge is 0.508 e. The van der Waals surface area contributed by atoms with E-state index in [1.807, 2.05) is 54.7 Å². The molecule has 15 atom stereocenters. The summed E-state index contributed by atoms with van der Waals surface area (Å²) in [6.45, 7) is 8.00. The number of phenols is 3. The topological polar surface area (TPSA) is 217 Å². The van der Waals surface area contributed by atoms with Gasteiger partial charge in [-0.05, 0) is 215 Å². The molecule has 2 fully saturated rings. The Morgan fingerprint density at radius 2 is 1.52 bits per heavy atom. The number of ketones is 2. The second-order valence-electron chi connectivity index (χ2n) is 29.0. The van der Waals surface area contributed by atoms with Gasteiger partial charge in [0.1, 0.15) is 17.3 Å². The van der Waals surface area contributed by atoms with Crippen LogP contribution in [0, 0.1) is 76.9 Å². The van der Waals surface area contributed by atoms with Crippen molar-refractivity contribution in [3.8, 4) is 46.7 Å². The van der Waals surface area contributed by atoms with Crippen molar-refractivity contribution in [2.24, 2.45) is 53.3 Å². The zero-order chi connectivity index (χ0) is 67.4. The third-order valence-electron chi connectivity index (χ3n) is 22.6. The van der Waals surface area contributed by atoms with E-state index in [0.29, 0.717) is 75.5 Å². The summed E-state index contributed by atoms with van der Waals surface area (Å²) in [4.78, 5) is 34.0. The lowest BCUT2D eigenvalue weighted by Gasteiger charge is -2.40. The molecule has 1 aromatic heterocycles. The molecule has 2 saturated carbocycles. The molecule has 3 heterocycles. The maximum Gasteiger partial charge on any atom is 0.173 e. The first kappa shape index (κ1) is 67.0. The molecular formula is C84H94N4O9. The van der Waals surface area contributed by atoms with Crippen LogP contribution in [0.2, 0.25) is 0 Å². The second-order valence-corrected chi connectivity index (χ2v) is 29.0. The van der Waals surface area contributed by atoms with Gasteiger partial charge in [-0.1, -0.05) is 130 Å². The normalized spacial score (nSPS) is 28.5. The number of dihydropyridines is 1. The van der Waals surface area contributed by atoms with Crippen LogP contribution in [0.1, 0.15) is 152 Å². The number of aromatic hydroxyl groups is 3. The Morgan fingerprint density at radius 1 is 0.701 bits per heavy atom. The number of β-amino-alcohol motifs (C(OH)–C–C–N with tert-alkyl or cyclic N) is 1. The Balaban J connectivity index is 1.02. The number of anilines is 1. The lowest BCUT2D eigenvalue weighted by molar-refractivity contribution is -0.142. The van der Waals surface area contributed by atoms with Crippen molar-refractivity contribution in [1.29, 1.82) is 0 Å². The van der Waals surface area contributed by atoms with Gasteiger partial charge >= 0.3 is 0 Å². The van der Waals surface area contributed by atoms with E-state index >= 15 is 4.79 Å². The van der Waals surface area contributed by atoms with Crippen LogP contribution in [0.5, 0.6) is 23.0 Å². The van der Waals surface area contributed by atoms with Crippen molar-refractivity contribution in [2.45, 2.75) is 147 Å². The summed E-state index contributed by atoms with van der Waals surface area (Å²) in [7, 11) is 1.50. The van der Waals surface area contributed by atoms with Gasteiger partial charge in [-0.15, -0.1) is 5.92 Å². The van der Waals surface area contributed by atoms with Gasteiger partial charge in [-0.2, -0.15) is 0 Å². The Bertz CT molecular complexity index is 4220. The number of ether oxygens (including phenoxy) is 1. The summed E-state index contributed by atoms with van der Waals surface area (Å²) >= 11 is 0. The van der Waals surface area contributed by atoms with Gasteiger partial charge in [0.15, 0.2) is 29.2 Å². The lowest BCUT2D eigenvalue weighted by Crippen LogP contribution is -2.40. The van der Waals surface area contributed by atoms with Gasteiger partial charge in [0.05, 0.1) is 25.2 Å². The fraction of sp³-hybridized carbons (Fsp3) is 0.429. The first-order chi connectivity index (χ1) is 47.0. The number of aliphatic hydroxyl groups is 3. The van der Waals surface area contributed by atoms with E-state index in [9.17, 15) is 35.4 Å². The number of carbonyl (C=O) groups is 2. The smallest absolute Gasteiger partial charge is 0.173 e. The van der Waals surface area contributed by atoms with Crippen LogP contribution in [0.15, 0.2) is 151 Å². The molecule has 10 N–H and O–H groups in total. The van der Waals surface area contributed by atoms with Crippen molar-refractivity contribution in [2.75, 3.05) is 32.1 Å². The van der Waals surface area contributed by atoms with Crippen molar-refractivity contribution in [3.05, 3.63) is 207 Å². The molecular weight excluding hydrogens is 1210 g/mol. The molecule has 0 saturated heterocycles. The van der Waals surface area contributed by atoms with Gasteiger partial charge in [0.25, 0.3) is 0 Å². The van der Waals surface area contributed by atoms with Gasteiger partial charge < -0.3 is 56.3 Å². The van der Waals surface area contributed by atoms with Crippen LogP contribution in [-0.4, -0.2) is 92.2 Å². The molecule has 97 heavy (non-hydrogen) atoms. The highest BCUT2D eigenvalue weighted by molar-refractivity contribution is 6.06. The van der Waals surface area contributed by atoms with Crippen molar-refractivity contribution >= 4 is 28.0 Å². The van der Waals surface area contributed by atoms with Crippen LogP contribution in [0.25, 0.3) is 10.8 Å². The number of aromatic nitrogens is 1. The average Bonchev–Trinajstić information content (AvgIpc) is 1.71. The van der Waals surface area contributed by atoms with Gasteiger partial charge in [-0.25, -0.2) is 0 Å². The highest BCUT2D eigenvalue weighted by atomic mass is 16.5. The third-order valence-corrected chi connectivity index (χ3v) is 22.6. The molecule has 4 aliphatic carbocycles. The molecule has 7 aromatic rings. The van der Waals surface area contributed by atoms with E-state index in [2.05, 4.69) is 132 Å². The predicted octanol–water partition coefficient (Wildman–Crippen LogP) is 13.2. The van der Waals surface area contributed by atoms with Crippen LogP contribution in [-0.2, 0) is 41.7 Å². The molecule has 13 bridgehead atoms. The van der Waals surface area contributed by atoms with Crippen LogP contribution in [0.4, 0.5) is 5.69 Å². The molecule has 504 valence electrons. The minimum absolute atomic E-state index is 0.0522. The standard InChI is InChI=1S/C84H94N4O9/c1-5-13-69-61-37-60-35-55-24-26-71(73-45-79(93)80(97-4)41-56(73)25-27-77(91)84(96)83(95)74(55)40-61)70-20-10-9-19-68(70)59-30-49(2)72(33-52-16-11-18-65(89)32-52)53(34-59)17-12-21-67(60)57-28-29-86-81(42-57)88-76-44-75-54(36-62(76)31-51-14-7-6-8-15-51)22-23-58(82(75)94)39-66(90)48-85-46-50(3)63-38-64(87-47-63)43-78(69)92/h6-11,14-16,18-20,22-23,28,32,36,38,41-42,44-45,47,49-50,53,55,59-61,66-67,69,71-72,74,78,84-90,92-94,96H,5,13,21,25,27,29-31,33-35,37,39-40,43,46,48H2,1-4H3. The van der Waals surface area contributed by atoms with E-state index in [4.69, 9.17) is 4.74 Å². The molecule has 13 rings (SSSR count). The van der Waals surface area contributed by atoms with Crippen molar-refractivity contribution < 1.29 is 45.0 Å². The Kier molecular flexibility index (Phi) is 20.5. The van der Waals surface area contributed by atoms with E-state index in [-0.39, 0.29) is 95.5 Å². The van der Waals surface area contributed by atoms with E-state index in [0.717, 1.165) is 98.4 Å². The average molecular weight is 1300 g/mol. The summed E-state index contributed by atoms with van der Waals surface area (Å²) < 4.78 is 5.73. The highest BCUT2D eigenvalue weighted by Crippen LogP contribution is 2.51. The number of carbonyl (C=O) groups excluding carboxylic acids is 2. The number of nitrogens with one attached hydrogen (secondary N) is 4. The Morgan fingerprint density at radius 3 is 2.33 bits per heavy atom. The van der Waals surface area contributed by atoms with E-state index in [1.165, 1.54) is 7.11 Å². The first-order valence-corrected chi connectivity index (χ1v) is 35.5. The van der Waals surface area contributed by atoms with Gasteiger partial charge in [0.2, 0.25) is 0 Å². The number of rotatable bonds is 7. The molecule has 15 unspecified atom stereocenters. The number of phenolic OH excluding ortho intramolecular Hbond substituents is 3. The SMILES string of the molecule is CCCC1C(O)Cc2cc(c[nH]2)C(C)CNCC(O)Cc2ccc3cc(Cc4ccccc4)c(cc3c2O)NC2=CC(=CCN2)C2CC#CC3CC(CC(C)C3Cc3cccc(O)c3)c3ccccc3C3C#CC4CC2CC1CC4C(=O)C(O)C(=O)CCc1cc(OC)c(O)cc13. The summed E-state index contributed by atoms with van der Waals surface area (Å²) in [5, 5.41) is 84.3. The number of hydrogen-bond acceptors (Lipinski definition) is 12. The Labute approximate surface area is 571 Å². The highest BCUT2D eigenvalue weighted by Gasteiger charge is 2.46. The van der Waals surface area contributed by atoms with Crippen LogP contribution >= 0.6 is 0 Å². The predicted molar refractivity (Wildman–Crippen MR) is 381 cm³/mol.